The van der Waals surface area contributed by atoms with Crippen LogP contribution in [0.4, 0.5) is 5.82 Å². The van der Waals surface area contributed by atoms with E-state index in [1.807, 2.05) is 0 Å². The monoisotopic (exact) mass is 521 g/mol. The first kappa shape index (κ1) is 25.4. The van der Waals surface area contributed by atoms with Crippen molar-refractivity contribution in [1.82, 2.24) is 19.5 Å². The maximum Gasteiger partial charge on any atom is 0.337 e. The largest absolute Gasteiger partial charge is 0.467 e. The third-order valence-electron chi connectivity index (χ3n) is 6.96. The third-order valence-corrected chi connectivity index (χ3v) is 6.96. The maximum atomic E-state index is 12.6. The Bertz CT molecular complexity index is 1250. The molecular formula is C22H27N5O10. The van der Waals surface area contributed by atoms with Gasteiger partial charge in [0.1, 0.15) is 36.3 Å². The molecule has 3 saturated heterocycles. The van der Waals surface area contributed by atoms with Gasteiger partial charge < -0.3 is 44.7 Å². The number of nitrogens with two attached hydrogens (primary N) is 1. The van der Waals surface area contributed by atoms with Gasteiger partial charge >= 0.3 is 11.9 Å². The van der Waals surface area contributed by atoms with Crippen molar-refractivity contribution in [3.05, 3.63) is 24.3 Å². The van der Waals surface area contributed by atoms with Crippen molar-refractivity contribution in [2.75, 3.05) is 12.8 Å². The van der Waals surface area contributed by atoms with E-state index >= 15 is 0 Å². The number of hydrogen-bond acceptors (Lipinski definition) is 14. The van der Waals surface area contributed by atoms with Crippen LogP contribution in [0, 0.1) is 0 Å². The zero-order valence-electron chi connectivity index (χ0n) is 20.1. The highest BCUT2D eigenvalue weighted by Crippen LogP contribution is 2.47. The number of aromatic nitrogens is 4. The first-order chi connectivity index (χ1) is 17.6. The number of fused-ring (bicyclic) bond motifs is 3. The van der Waals surface area contributed by atoms with Crippen molar-refractivity contribution in [2.24, 2.45) is 0 Å². The fourth-order valence-electron chi connectivity index (χ4n) is 4.87. The summed E-state index contributed by atoms with van der Waals surface area (Å²) in [5, 5.41) is 33.7. The number of nitrogens with zero attached hydrogens (tertiary/aromatic N) is 4. The van der Waals surface area contributed by atoms with Crippen molar-refractivity contribution >= 4 is 28.9 Å². The van der Waals surface area contributed by atoms with Crippen LogP contribution < -0.4 is 5.73 Å². The SMILES string of the molecule is C/C=C(\C)C(=O)O[C@H]1[C@H](O)[C@@H](C(=O)OC)O[C@@H]2C[C@H]3OC(n4cnc5c(N)ncnc54)[C@H](O)[C@H]3O[C@]21O. The molecule has 2 aromatic heterocycles. The summed E-state index contributed by atoms with van der Waals surface area (Å²) in [6.45, 7) is 3.09. The molecule has 200 valence electrons. The second-order valence-corrected chi connectivity index (χ2v) is 9.07. The predicted octanol–water partition coefficient (Wildman–Crippen LogP) is -1.68. The molecule has 1 unspecified atom stereocenters. The summed E-state index contributed by atoms with van der Waals surface area (Å²) < 4.78 is 29.2. The Balaban J connectivity index is 1.48. The lowest BCUT2D eigenvalue weighted by Gasteiger charge is -2.52. The number of carbonyl (C=O) groups is 2. The Morgan fingerprint density at radius 2 is 2.00 bits per heavy atom. The molecule has 3 aliphatic rings. The Kier molecular flexibility index (Phi) is 6.37. The van der Waals surface area contributed by atoms with Crippen molar-refractivity contribution in [2.45, 2.75) is 75.0 Å². The lowest BCUT2D eigenvalue weighted by molar-refractivity contribution is -0.396. The fraction of sp³-hybridized carbons (Fsp3) is 0.591. The second kappa shape index (κ2) is 9.27. The average molecular weight is 521 g/mol. The molecule has 0 amide bonds. The topological polar surface area (TPSA) is 211 Å². The molecule has 2 aromatic rings. The highest BCUT2D eigenvalue weighted by atomic mass is 16.7. The first-order valence-corrected chi connectivity index (χ1v) is 11.5. The van der Waals surface area contributed by atoms with E-state index in [1.54, 1.807) is 6.92 Å². The van der Waals surface area contributed by atoms with Gasteiger partial charge in [0.15, 0.2) is 29.9 Å². The van der Waals surface area contributed by atoms with Crippen molar-refractivity contribution in [3.8, 4) is 0 Å². The molecule has 0 radical (unpaired) electrons. The number of aliphatic hydroxyl groups is 3. The van der Waals surface area contributed by atoms with E-state index < -0.39 is 66.7 Å². The van der Waals surface area contributed by atoms with Gasteiger partial charge in [0.05, 0.1) is 19.5 Å². The lowest BCUT2D eigenvalue weighted by atomic mass is 9.84. The highest BCUT2D eigenvalue weighted by Gasteiger charge is 2.67. The summed E-state index contributed by atoms with van der Waals surface area (Å²) in [6.07, 6.45) is -6.84. The van der Waals surface area contributed by atoms with Crippen LogP contribution in [0.2, 0.25) is 0 Å². The zero-order valence-corrected chi connectivity index (χ0v) is 20.1. The van der Waals surface area contributed by atoms with Crippen LogP contribution in [0.3, 0.4) is 0 Å². The van der Waals surface area contributed by atoms with Crippen LogP contribution >= 0.6 is 0 Å². The van der Waals surface area contributed by atoms with Gasteiger partial charge in [-0.2, -0.15) is 0 Å². The van der Waals surface area contributed by atoms with E-state index in [4.69, 9.17) is 29.4 Å². The van der Waals surface area contributed by atoms with Gasteiger partial charge in [-0.15, -0.1) is 0 Å². The molecule has 0 aliphatic carbocycles. The second-order valence-electron chi connectivity index (χ2n) is 9.07. The number of nitrogen functional groups attached to an aromatic ring is 1. The standard InChI is InChI=1S/C22H27N5O10/c1-4-8(2)20(30)36-16-12(28)15(21(31)33-3)35-10-5-9-14(37-22(10,16)32)13(29)19(34-9)27-7-26-11-17(23)24-6-25-18(11)27/h4,6-7,9-10,12-16,19,28-29,32H,5H2,1-3H3,(H2,23,24,25)/b8-4+/t9-,10-,12-,13-,14+,15+,16+,19?,22-/m1/s1. The molecule has 5 heterocycles. The molecule has 0 spiro atoms. The molecule has 5 rings (SSSR count). The van der Waals surface area contributed by atoms with E-state index in [0.717, 1.165) is 7.11 Å². The van der Waals surface area contributed by atoms with Gasteiger partial charge in [-0.3, -0.25) is 4.57 Å². The highest BCUT2D eigenvalue weighted by molar-refractivity contribution is 5.88. The van der Waals surface area contributed by atoms with Crippen LogP contribution in [0.5, 0.6) is 0 Å². The van der Waals surface area contributed by atoms with Gasteiger partial charge in [-0.1, -0.05) is 6.08 Å². The minimum Gasteiger partial charge on any atom is -0.467 e. The van der Waals surface area contributed by atoms with Gasteiger partial charge in [0.2, 0.25) is 5.79 Å². The molecule has 9 atom stereocenters. The number of rotatable bonds is 4. The molecule has 5 N–H and O–H groups in total. The van der Waals surface area contributed by atoms with Crippen molar-refractivity contribution < 1.29 is 48.6 Å². The molecule has 15 nitrogen and oxygen atoms in total. The number of methoxy groups -OCH3 is 1. The minimum absolute atomic E-state index is 0.0880. The summed E-state index contributed by atoms with van der Waals surface area (Å²) in [6, 6.07) is 0. The zero-order chi connectivity index (χ0) is 26.6. The van der Waals surface area contributed by atoms with E-state index in [-0.39, 0.29) is 17.8 Å². The first-order valence-electron chi connectivity index (χ1n) is 11.5. The normalized spacial score (nSPS) is 37.6. The number of aliphatic hydroxyl groups excluding tert-OH is 2. The van der Waals surface area contributed by atoms with Gasteiger partial charge in [0, 0.05) is 12.0 Å². The molecule has 3 aliphatic heterocycles. The van der Waals surface area contributed by atoms with Gasteiger partial charge in [0.25, 0.3) is 0 Å². The molecule has 0 saturated carbocycles. The number of ether oxygens (including phenoxy) is 5. The molecule has 0 bridgehead atoms. The Hall–Kier alpha value is -3.21. The summed E-state index contributed by atoms with van der Waals surface area (Å²) in [7, 11) is 1.10. The van der Waals surface area contributed by atoms with Crippen molar-refractivity contribution in [1.29, 1.82) is 0 Å². The Morgan fingerprint density at radius 3 is 2.70 bits per heavy atom. The molecular weight excluding hydrogens is 494 g/mol. The quantitative estimate of drug-likeness (QED) is 0.262. The number of hydrogen-bond donors (Lipinski definition) is 4. The van der Waals surface area contributed by atoms with Crippen molar-refractivity contribution in [3.63, 3.8) is 0 Å². The van der Waals surface area contributed by atoms with Crippen LogP contribution in [-0.2, 0) is 33.3 Å². The van der Waals surface area contributed by atoms with E-state index in [0.29, 0.717) is 11.2 Å². The van der Waals surface area contributed by atoms with Crippen LogP contribution in [0.25, 0.3) is 11.2 Å². The number of anilines is 1. The van der Waals surface area contributed by atoms with E-state index in [9.17, 15) is 24.9 Å². The number of imidazole rings is 1. The summed E-state index contributed by atoms with van der Waals surface area (Å²) in [5.41, 5.74) is 6.66. The average Bonchev–Trinajstić information content (AvgIpc) is 3.45. The Labute approximate surface area is 209 Å². The molecule has 0 aromatic carbocycles. The Morgan fingerprint density at radius 1 is 1.24 bits per heavy atom. The third kappa shape index (κ3) is 3.94. The molecule has 3 fully saturated rings. The summed E-state index contributed by atoms with van der Waals surface area (Å²) in [5.74, 6) is -4.08. The van der Waals surface area contributed by atoms with Gasteiger partial charge in [-0.05, 0) is 13.8 Å². The van der Waals surface area contributed by atoms with Crippen LogP contribution in [-0.4, -0.2) is 102 Å². The van der Waals surface area contributed by atoms with E-state index in [1.165, 1.54) is 30.2 Å². The van der Waals surface area contributed by atoms with E-state index in [2.05, 4.69) is 15.0 Å². The maximum absolute atomic E-state index is 12.6. The molecule has 37 heavy (non-hydrogen) atoms. The smallest absolute Gasteiger partial charge is 0.337 e. The predicted molar refractivity (Wildman–Crippen MR) is 120 cm³/mol. The fourth-order valence-corrected chi connectivity index (χ4v) is 4.87. The lowest BCUT2D eigenvalue weighted by Crippen LogP contribution is -2.73. The number of allylic oxidation sites excluding steroid dienone is 1. The summed E-state index contributed by atoms with van der Waals surface area (Å²) in [4.78, 5) is 37.1. The number of esters is 2. The molecule has 15 heteroatoms. The minimum atomic E-state index is -2.43. The summed E-state index contributed by atoms with van der Waals surface area (Å²) >= 11 is 0. The van der Waals surface area contributed by atoms with Crippen LogP contribution in [0.1, 0.15) is 26.5 Å². The van der Waals surface area contributed by atoms with Gasteiger partial charge in [-0.25, -0.2) is 24.5 Å². The number of carbonyl (C=O) groups excluding carboxylic acids is 2. The van der Waals surface area contributed by atoms with Crippen LogP contribution in [0.15, 0.2) is 24.3 Å².